The number of carbonyl (C=O) groups is 2. The van der Waals surface area contributed by atoms with E-state index in [0.717, 1.165) is 12.5 Å². The van der Waals surface area contributed by atoms with E-state index in [1.54, 1.807) is 48.5 Å². The summed E-state index contributed by atoms with van der Waals surface area (Å²) in [6, 6.07) is 15.4. The molecule has 3 aromatic rings. The van der Waals surface area contributed by atoms with Gasteiger partial charge in [0.05, 0.1) is 13.7 Å². The number of ether oxygens (including phenoxy) is 2. The molecule has 0 saturated heterocycles. The lowest BCUT2D eigenvalue weighted by molar-refractivity contribution is -0.137. The van der Waals surface area contributed by atoms with Crippen LogP contribution >= 0.6 is 11.6 Å². The molecule has 0 spiro atoms. The summed E-state index contributed by atoms with van der Waals surface area (Å²) in [5, 5.41) is 12.6. The van der Waals surface area contributed by atoms with E-state index in [2.05, 4.69) is 5.32 Å². The average Bonchev–Trinajstić information content (AvgIpc) is 3.33. The fourth-order valence-electron chi connectivity index (χ4n) is 4.42. The second-order valence-corrected chi connectivity index (χ2v) is 9.78. The number of hydrogen-bond acceptors (Lipinski definition) is 5. The first-order valence-electron chi connectivity index (χ1n) is 12.4. The summed E-state index contributed by atoms with van der Waals surface area (Å²) < 4.78 is 39.3. The molecule has 0 aliphatic carbocycles. The Labute approximate surface area is 230 Å². The van der Waals surface area contributed by atoms with Crippen LogP contribution in [0.15, 0.2) is 60.7 Å². The van der Waals surface area contributed by atoms with E-state index in [4.69, 9.17) is 26.2 Å². The zero-order valence-electron chi connectivity index (χ0n) is 21.5. The van der Waals surface area contributed by atoms with Crippen LogP contribution in [0.25, 0.3) is 0 Å². The van der Waals surface area contributed by atoms with Crippen LogP contribution in [-0.2, 0) is 21.9 Å². The summed E-state index contributed by atoms with van der Waals surface area (Å²) >= 11 is 6.09. The van der Waals surface area contributed by atoms with Gasteiger partial charge in [0, 0.05) is 60.0 Å². The quantitative estimate of drug-likeness (QED) is 0.263. The van der Waals surface area contributed by atoms with Crippen LogP contribution in [0, 0.1) is 0 Å². The molecule has 1 aliphatic rings. The number of anilines is 2. The zero-order valence-corrected chi connectivity index (χ0v) is 22.3. The minimum absolute atomic E-state index is 0.0226. The molecular weight excluding hydrogens is 530 g/mol. The van der Waals surface area contributed by atoms with Gasteiger partial charge in [-0.3, -0.25) is 9.59 Å². The van der Waals surface area contributed by atoms with Crippen LogP contribution < -0.4 is 19.7 Å². The fourth-order valence-corrected chi connectivity index (χ4v) is 4.54. The number of fused-ring (bicyclic) bond motifs is 1. The average molecular weight is 559 g/mol. The molecule has 1 amide bonds. The van der Waals surface area contributed by atoms with Crippen molar-refractivity contribution in [2.45, 2.75) is 38.2 Å². The normalized spacial score (nSPS) is 13.5. The number of carbonyl (C=O) groups excluding carboxylic acids is 1. The van der Waals surface area contributed by atoms with Gasteiger partial charge in [-0.05, 0) is 42.2 Å². The number of benzene rings is 3. The van der Waals surface area contributed by atoms with Gasteiger partial charge in [0.1, 0.15) is 17.5 Å². The van der Waals surface area contributed by atoms with Gasteiger partial charge in [0.25, 0.3) is 11.8 Å². The van der Waals surface area contributed by atoms with Crippen molar-refractivity contribution in [3.05, 3.63) is 82.4 Å². The van der Waals surface area contributed by atoms with Crippen LogP contribution in [0.4, 0.5) is 20.2 Å². The third kappa shape index (κ3) is 6.97. The summed E-state index contributed by atoms with van der Waals surface area (Å²) in [5.74, 6) is -3.36. The first kappa shape index (κ1) is 28.2. The fraction of sp³-hybridized carbons (Fsp3) is 0.310. The molecular formula is C29H29ClF2N2O5. The third-order valence-corrected chi connectivity index (χ3v) is 6.69. The Hall–Kier alpha value is -3.85. The number of carboxylic acids is 1. The summed E-state index contributed by atoms with van der Waals surface area (Å²) in [4.78, 5) is 26.3. The number of aliphatic carboxylic acids is 1. The summed E-state index contributed by atoms with van der Waals surface area (Å²) in [6.45, 7) is 1.38. The number of carboxylic acid groups (broad SMARTS) is 1. The Kier molecular flexibility index (Phi) is 8.60. The second kappa shape index (κ2) is 11.9. The minimum Gasteiger partial charge on any atom is -0.497 e. The Morgan fingerprint density at radius 2 is 1.82 bits per heavy atom. The molecule has 0 fully saturated rings. The number of nitrogens with one attached hydrogen (secondary N) is 1. The molecule has 0 radical (unpaired) electrons. The van der Waals surface area contributed by atoms with Gasteiger partial charge in [-0.1, -0.05) is 35.9 Å². The summed E-state index contributed by atoms with van der Waals surface area (Å²) in [5.41, 5.74) is 2.28. The Morgan fingerprint density at radius 1 is 1.10 bits per heavy atom. The number of nitrogens with zero attached hydrogens (tertiary/aromatic N) is 1. The molecule has 0 bridgehead atoms. The molecule has 3 aromatic carbocycles. The van der Waals surface area contributed by atoms with Gasteiger partial charge in [-0.25, -0.2) is 8.78 Å². The van der Waals surface area contributed by atoms with Gasteiger partial charge in [-0.2, -0.15) is 0 Å². The number of halogens is 3. The van der Waals surface area contributed by atoms with Crippen molar-refractivity contribution >= 4 is 34.9 Å². The van der Waals surface area contributed by atoms with Gasteiger partial charge in [0.2, 0.25) is 0 Å². The molecule has 1 aliphatic heterocycles. The highest BCUT2D eigenvalue weighted by Crippen LogP contribution is 2.37. The van der Waals surface area contributed by atoms with Crippen molar-refractivity contribution in [1.82, 2.24) is 0 Å². The maximum atomic E-state index is 14.1. The first-order valence-corrected chi connectivity index (χ1v) is 12.8. The molecule has 1 heterocycles. The lowest BCUT2D eigenvalue weighted by atomic mass is 10.0. The number of hydrogen-bond donors (Lipinski definition) is 2. The van der Waals surface area contributed by atoms with E-state index in [-0.39, 0.29) is 24.5 Å². The zero-order chi connectivity index (χ0) is 28.2. The van der Waals surface area contributed by atoms with E-state index in [0.29, 0.717) is 52.8 Å². The van der Waals surface area contributed by atoms with E-state index >= 15 is 0 Å². The molecule has 206 valence electrons. The monoisotopic (exact) mass is 558 g/mol. The molecule has 7 nitrogen and oxygen atoms in total. The predicted molar refractivity (Wildman–Crippen MR) is 145 cm³/mol. The number of alkyl halides is 2. The van der Waals surface area contributed by atoms with Gasteiger partial charge in [-0.15, -0.1) is 0 Å². The van der Waals surface area contributed by atoms with Crippen LogP contribution in [-0.4, -0.2) is 37.2 Å². The number of rotatable bonds is 11. The van der Waals surface area contributed by atoms with Crippen molar-refractivity contribution in [1.29, 1.82) is 0 Å². The Balaban J connectivity index is 1.65. The van der Waals surface area contributed by atoms with Crippen molar-refractivity contribution < 1.29 is 33.0 Å². The molecule has 1 atom stereocenters. The lowest BCUT2D eigenvalue weighted by Crippen LogP contribution is -2.37. The molecule has 0 aromatic heterocycles. The van der Waals surface area contributed by atoms with Crippen molar-refractivity contribution in [3.63, 3.8) is 0 Å². The van der Waals surface area contributed by atoms with Gasteiger partial charge < -0.3 is 24.8 Å². The first-order chi connectivity index (χ1) is 18.5. The molecule has 1 unspecified atom stereocenters. The highest BCUT2D eigenvalue weighted by molar-refractivity contribution is 6.30. The van der Waals surface area contributed by atoms with Crippen molar-refractivity contribution in [2.24, 2.45) is 0 Å². The molecule has 10 heteroatoms. The van der Waals surface area contributed by atoms with E-state index < -0.39 is 17.9 Å². The molecule has 4 rings (SSSR count). The standard InChI is InChI=1S/C29H29ClF2N2O5/c1-29(31,32)20-8-5-18-11-12-34(25(18)14-20)28(37)27(19-6-9-21(30)10-7-19)33-22-15-23(38-2)17-24(16-22)39-13-3-4-26(35)36/h5-10,14-17,27,33H,3-4,11-13H2,1-2H3,(H,35,36). The van der Waals surface area contributed by atoms with Gasteiger partial charge in [0.15, 0.2) is 0 Å². The number of methoxy groups -OCH3 is 1. The third-order valence-electron chi connectivity index (χ3n) is 6.43. The molecule has 2 N–H and O–H groups in total. The Bertz CT molecular complexity index is 1340. The summed E-state index contributed by atoms with van der Waals surface area (Å²) in [7, 11) is 1.50. The predicted octanol–water partition coefficient (Wildman–Crippen LogP) is 6.45. The van der Waals surface area contributed by atoms with Crippen LogP contribution in [0.2, 0.25) is 5.02 Å². The smallest absolute Gasteiger partial charge is 0.303 e. The highest BCUT2D eigenvalue weighted by Gasteiger charge is 2.34. The Morgan fingerprint density at radius 3 is 2.49 bits per heavy atom. The van der Waals surface area contributed by atoms with Gasteiger partial charge >= 0.3 is 5.97 Å². The highest BCUT2D eigenvalue weighted by atomic mass is 35.5. The minimum atomic E-state index is -3.04. The lowest BCUT2D eigenvalue weighted by Gasteiger charge is -2.27. The topological polar surface area (TPSA) is 88.1 Å². The van der Waals surface area contributed by atoms with Crippen molar-refractivity contribution in [3.8, 4) is 11.5 Å². The SMILES string of the molecule is COc1cc(NC(C(=O)N2CCc3ccc(C(C)(F)F)cc32)c2ccc(Cl)cc2)cc(OCCCC(=O)O)c1. The van der Waals surface area contributed by atoms with E-state index in [1.807, 2.05) is 0 Å². The van der Waals surface area contributed by atoms with Crippen LogP contribution in [0.3, 0.4) is 0 Å². The van der Waals surface area contributed by atoms with Crippen LogP contribution in [0.1, 0.15) is 42.5 Å². The maximum Gasteiger partial charge on any atom is 0.303 e. The van der Waals surface area contributed by atoms with Crippen molar-refractivity contribution in [2.75, 3.05) is 30.5 Å². The number of amides is 1. The van der Waals surface area contributed by atoms with E-state index in [1.165, 1.54) is 24.1 Å². The molecule has 0 saturated carbocycles. The molecule has 39 heavy (non-hydrogen) atoms. The van der Waals surface area contributed by atoms with E-state index in [9.17, 15) is 18.4 Å². The maximum absolute atomic E-state index is 14.1. The summed E-state index contributed by atoms with van der Waals surface area (Å²) in [6.07, 6.45) is 0.858. The largest absolute Gasteiger partial charge is 0.497 e. The second-order valence-electron chi connectivity index (χ2n) is 9.34. The van der Waals surface area contributed by atoms with Crippen LogP contribution in [0.5, 0.6) is 11.5 Å².